The summed E-state index contributed by atoms with van der Waals surface area (Å²) in [6.45, 7) is 3.42. The summed E-state index contributed by atoms with van der Waals surface area (Å²) < 4.78 is 0. The number of likely N-dealkylation sites (N-methyl/N-ethyl adjacent to an activating group) is 2. The number of nitro benzene ring substituents is 1. The summed E-state index contributed by atoms with van der Waals surface area (Å²) in [4.78, 5) is 26.5. The van der Waals surface area contributed by atoms with Gasteiger partial charge in [-0.1, -0.05) is 0 Å². The van der Waals surface area contributed by atoms with E-state index in [1.165, 1.54) is 13.0 Å². The highest BCUT2D eigenvalue weighted by Gasteiger charge is 2.24. The molecule has 6 nitrogen and oxygen atoms in total. The van der Waals surface area contributed by atoms with Crippen molar-refractivity contribution in [3.63, 3.8) is 0 Å². The van der Waals surface area contributed by atoms with Gasteiger partial charge in [-0.2, -0.15) is 0 Å². The van der Waals surface area contributed by atoms with Gasteiger partial charge in [0.15, 0.2) is 5.78 Å². The number of benzene rings is 1. The molecule has 0 aliphatic carbocycles. The van der Waals surface area contributed by atoms with Crippen molar-refractivity contribution in [1.82, 2.24) is 4.90 Å². The molecule has 1 heterocycles. The van der Waals surface area contributed by atoms with Crippen LogP contribution in [0.5, 0.6) is 0 Å². The van der Waals surface area contributed by atoms with Crippen LogP contribution in [0, 0.1) is 10.1 Å². The molecule has 0 radical (unpaired) electrons. The van der Waals surface area contributed by atoms with Crippen LogP contribution in [0.3, 0.4) is 0 Å². The summed E-state index contributed by atoms with van der Waals surface area (Å²) in [7, 11) is 4.08. The highest BCUT2D eigenvalue weighted by molar-refractivity contribution is 5.99. The molecular formula is C15H21N3O3. The number of hydrogen-bond donors (Lipinski definition) is 0. The van der Waals surface area contributed by atoms with Crippen molar-refractivity contribution in [1.29, 1.82) is 0 Å². The van der Waals surface area contributed by atoms with E-state index in [4.69, 9.17) is 0 Å². The van der Waals surface area contributed by atoms with Crippen molar-refractivity contribution >= 4 is 17.2 Å². The van der Waals surface area contributed by atoms with Crippen molar-refractivity contribution in [2.24, 2.45) is 0 Å². The van der Waals surface area contributed by atoms with Crippen LogP contribution in [0.4, 0.5) is 11.4 Å². The standard InChI is InChI=1S/C15H21N3O3/c1-11(19)14-9-12(6-7-15(14)18(20)21)17(3)13-5-4-8-16(2)10-13/h6-7,9,13H,4-5,8,10H2,1-3H3. The third-order valence-corrected chi connectivity index (χ3v) is 4.11. The molecule has 1 aromatic carbocycles. The van der Waals surface area contributed by atoms with Gasteiger partial charge >= 0.3 is 0 Å². The van der Waals surface area contributed by atoms with Crippen molar-refractivity contribution in [3.05, 3.63) is 33.9 Å². The number of nitrogens with zero attached hydrogens (tertiary/aromatic N) is 3. The van der Waals surface area contributed by atoms with Gasteiger partial charge in [0, 0.05) is 31.4 Å². The third-order valence-electron chi connectivity index (χ3n) is 4.11. The molecule has 1 atom stereocenters. The van der Waals surface area contributed by atoms with Crippen LogP contribution in [0.15, 0.2) is 18.2 Å². The Balaban J connectivity index is 2.29. The molecule has 0 aromatic heterocycles. The molecule has 1 aromatic rings. The number of rotatable bonds is 4. The Hall–Kier alpha value is -1.95. The van der Waals surface area contributed by atoms with Crippen LogP contribution in [0.1, 0.15) is 30.1 Å². The molecule has 0 spiro atoms. The van der Waals surface area contributed by atoms with Gasteiger partial charge in [0.2, 0.25) is 0 Å². The zero-order valence-corrected chi connectivity index (χ0v) is 12.7. The SMILES string of the molecule is CC(=O)c1cc(N(C)C2CCCN(C)C2)ccc1[N+](=O)[O-]. The lowest BCUT2D eigenvalue weighted by molar-refractivity contribution is -0.385. The highest BCUT2D eigenvalue weighted by Crippen LogP contribution is 2.27. The van der Waals surface area contributed by atoms with Crippen LogP contribution in [0.2, 0.25) is 0 Å². The van der Waals surface area contributed by atoms with E-state index >= 15 is 0 Å². The quantitative estimate of drug-likeness (QED) is 0.484. The minimum Gasteiger partial charge on any atom is -0.370 e. The van der Waals surface area contributed by atoms with Gasteiger partial charge < -0.3 is 9.80 Å². The monoisotopic (exact) mass is 291 g/mol. The third kappa shape index (κ3) is 3.39. The predicted molar refractivity (Wildman–Crippen MR) is 82.0 cm³/mol. The van der Waals surface area contributed by atoms with Crippen molar-refractivity contribution in [2.45, 2.75) is 25.8 Å². The lowest BCUT2D eigenvalue weighted by Gasteiger charge is -2.37. The second-order valence-electron chi connectivity index (χ2n) is 5.68. The number of anilines is 1. The molecule has 2 rings (SSSR count). The molecule has 1 aliphatic rings. The Morgan fingerprint density at radius 1 is 1.48 bits per heavy atom. The van der Waals surface area contributed by atoms with E-state index < -0.39 is 4.92 Å². The Labute approximate surface area is 124 Å². The summed E-state index contributed by atoms with van der Waals surface area (Å²) in [5.74, 6) is -0.280. The zero-order chi connectivity index (χ0) is 15.6. The number of carbonyl (C=O) groups is 1. The molecule has 0 saturated carbocycles. The van der Waals surface area contributed by atoms with E-state index in [1.54, 1.807) is 12.1 Å². The molecule has 0 amide bonds. The van der Waals surface area contributed by atoms with Gasteiger partial charge in [0.1, 0.15) is 0 Å². The van der Waals surface area contributed by atoms with Crippen molar-refractivity contribution in [2.75, 3.05) is 32.1 Å². The predicted octanol–water partition coefficient (Wildman–Crippen LogP) is 2.33. The normalized spacial score (nSPS) is 19.3. The molecule has 1 fully saturated rings. The van der Waals surface area contributed by atoms with E-state index in [9.17, 15) is 14.9 Å². The molecule has 6 heteroatoms. The van der Waals surface area contributed by atoms with E-state index in [2.05, 4.69) is 16.8 Å². The number of nitro groups is 1. The molecule has 1 unspecified atom stereocenters. The lowest BCUT2D eigenvalue weighted by atomic mass is 10.0. The maximum absolute atomic E-state index is 11.6. The number of hydrogen-bond acceptors (Lipinski definition) is 5. The van der Waals surface area contributed by atoms with Crippen LogP contribution >= 0.6 is 0 Å². The van der Waals surface area contributed by atoms with Crippen LogP contribution < -0.4 is 4.90 Å². The topological polar surface area (TPSA) is 66.7 Å². The number of carbonyl (C=O) groups excluding carboxylic acids is 1. The van der Waals surface area contributed by atoms with E-state index in [0.717, 1.165) is 31.6 Å². The summed E-state index contributed by atoms with van der Waals surface area (Å²) in [6.07, 6.45) is 2.23. The fourth-order valence-electron chi connectivity index (χ4n) is 2.85. The average Bonchev–Trinajstić information content (AvgIpc) is 2.45. The summed E-state index contributed by atoms with van der Waals surface area (Å²) in [5, 5.41) is 11.0. The largest absolute Gasteiger partial charge is 0.370 e. The summed E-state index contributed by atoms with van der Waals surface area (Å²) in [5.41, 5.74) is 0.903. The molecule has 114 valence electrons. The minimum atomic E-state index is -0.505. The average molecular weight is 291 g/mol. The second kappa shape index (κ2) is 6.22. The van der Waals surface area contributed by atoms with Crippen LogP contribution in [0.25, 0.3) is 0 Å². The Bertz CT molecular complexity index is 559. The van der Waals surface area contributed by atoms with Gasteiger partial charge in [-0.15, -0.1) is 0 Å². The van der Waals surface area contributed by atoms with Crippen molar-refractivity contribution in [3.8, 4) is 0 Å². The molecule has 0 N–H and O–H groups in total. The minimum absolute atomic E-state index is 0.125. The molecule has 0 bridgehead atoms. The Kier molecular flexibility index (Phi) is 4.57. The fourth-order valence-corrected chi connectivity index (χ4v) is 2.85. The van der Waals surface area contributed by atoms with Crippen LogP contribution in [-0.4, -0.2) is 48.8 Å². The Morgan fingerprint density at radius 3 is 2.76 bits per heavy atom. The molecule has 1 saturated heterocycles. The second-order valence-corrected chi connectivity index (χ2v) is 5.68. The van der Waals surface area contributed by atoms with Gasteiger partial charge in [0.25, 0.3) is 5.69 Å². The van der Waals surface area contributed by atoms with E-state index in [0.29, 0.717) is 6.04 Å². The number of likely N-dealkylation sites (tertiary alicyclic amines) is 1. The zero-order valence-electron chi connectivity index (χ0n) is 12.7. The smallest absolute Gasteiger partial charge is 0.280 e. The maximum Gasteiger partial charge on any atom is 0.280 e. The van der Waals surface area contributed by atoms with Gasteiger partial charge in [-0.3, -0.25) is 14.9 Å². The molecular weight excluding hydrogens is 270 g/mol. The van der Waals surface area contributed by atoms with Crippen LogP contribution in [-0.2, 0) is 0 Å². The number of Topliss-reactive ketones (excluding diaryl/α,β-unsaturated/α-hetero) is 1. The molecule has 21 heavy (non-hydrogen) atoms. The molecule has 1 aliphatic heterocycles. The van der Waals surface area contributed by atoms with Gasteiger partial charge in [-0.05, 0) is 45.5 Å². The Morgan fingerprint density at radius 2 is 2.19 bits per heavy atom. The van der Waals surface area contributed by atoms with Gasteiger partial charge in [-0.25, -0.2) is 0 Å². The highest BCUT2D eigenvalue weighted by atomic mass is 16.6. The summed E-state index contributed by atoms with van der Waals surface area (Å²) >= 11 is 0. The summed E-state index contributed by atoms with van der Waals surface area (Å²) in [6, 6.07) is 5.15. The van der Waals surface area contributed by atoms with E-state index in [-0.39, 0.29) is 17.0 Å². The first-order chi connectivity index (χ1) is 9.90. The number of piperidine rings is 1. The number of ketones is 1. The lowest BCUT2D eigenvalue weighted by Crippen LogP contribution is -2.45. The fraction of sp³-hybridized carbons (Fsp3) is 0.533. The van der Waals surface area contributed by atoms with Crippen molar-refractivity contribution < 1.29 is 9.72 Å². The first-order valence-corrected chi connectivity index (χ1v) is 7.11. The van der Waals surface area contributed by atoms with Gasteiger partial charge in [0.05, 0.1) is 10.5 Å². The maximum atomic E-state index is 11.6. The van der Waals surface area contributed by atoms with E-state index in [1.807, 2.05) is 7.05 Å². The first kappa shape index (κ1) is 15.4. The first-order valence-electron chi connectivity index (χ1n) is 7.11.